The number of halogens is 3. The van der Waals surface area contributed by atoms with E-state index in [4.69, 9.17) is 5.11 Å². The van der Waals surface area contributed by atoms with Crippen molar-refractivity contribution in [3.8, 4) is 5.69 Å². The highest BCUT2D eigenvalue weighted by molar-refractivity contribution is 5.88. The molecule has 0 saturated heterocycles. The lowest BCUT2D eigenvalue weighted by molar-refractivity contribution is -0.142. The van der Waals surface area contributed by atoms with Crippen LogP contribution in [0.2, 0.25) is 0 Å². The molecule has 0 bridgehead atoms. The number of carboxylic acid groups (broad SMARTS) is 1. The highest BCUT2D eigenvalue weighted by atomic mass is 19.4. The van der Waals surface area contributed by atoms with E-state index >= 15 is 0 Å². The molecule has 0 saturated carbocycles. The third-order valence-electron chi connectivity index (χ3n) is 3.85. The first kappa shape index (κ1) is 15.5. The van der Waals surface area contributed by atoms with Gasteiger partial charge in [0.15, 0.2) is 5.69 Å². The van der Waals surface area contributed by atoms with Crippen LogP contribution < -0.4 is 0 Å². The maximum atomic E-state index is 13.2. The molecule has 23 heavy (non-hydrogen) atoms. The molecule has 1 heterocycles. The van der Waals surface area contributed by atoms with Gasteiger partial charge in [-0.2, -0.15) is 18.3 Å². The Labute approximate surface area is 129 Å². The zero-order valence-electron chi connectivity index (χ0n) is 11.8. The summed E-state index contributed by atoms with van der Waals surface area (Å²) < 4.78 is 40.6. The number of nitrogens with zero attached hydrogens (tertiary/aromatic N) is 2. The van der Waals surface area contributed by atoms with E-state index in [0.29, 0.717) is 12.8 Å². The molecule has 3 rings (SSSR count). The number of aliphatic hydroxyl groups excluding tert-OH is 1. The zero-order chi connectivity index (χ0) is 16.8. The monoisotopic (exact) mass is 326 g/mol. The van der Waals surface area contributed by atoms with Crippen molar-refractivity contribution in [2.24, 2.45) is 0 Å². The molecule has 5 nitrogen and oxygen atoms in total. The van der Waals surface area contributed by atoms with Crippen molar-refractivity contribution in [2.45, 2.75) is 31.5 Å². The SMILES string of the molecule is O=C(O)c1cccc(-n2nc(C(F)(F)F)c3c2C(O)CCC3)c1. The molecule has 1 aromatic heterocycles. The third-order valence-corrected chi connectivity index (χ3v) is 3.85. The summed E-state index contributed by atoms with van der Waals surface area (Å²) in [7, 11) is 0. The number of aromatic carboxylic acids is 1. The van der Waals surface area contributed by atoms with E-state index in [1.165, 1.54) is 24.3 Å². The number of carboxylic acids is 1. The molecule has 2 N–H and O–H groups in total. The number of carbonyl (C=O) groups is 1. The lowest BCUT2D eigenvalue weighted by atomic mass is 9.93. The Balaban J connectivity index is 2.22. The van der Waals surface area contributed by atoms with E-state index in [0.717, 1.165) is 4.68 Å². The fourth-order valence-electron chi connectivity index (χ4n) is 2.86. The van der Waals surface area contributed by atoms with Crippen LogP contribution >= 0.6 is 0 Å². The number of aliphatic hydroxyl groups is 1. The Morgan fingerprint density at radius 2 is 2.09 bits per heavy atom. The molecule has 0 radical (unpaired) electrons. The molecule has 1 unspecified atom stereocenters. The summed E-state index contributed by atoms with van der Waals surface area (Å²) in [5.41, 5.74) is -0.835. The summed E-state index contributed by atoms with van der Waals surface area (Å²) >= 11 is 0. The Hall–Kier alpha value is -2.35. The summed E-state index contributed by atoms with van der Waals surface area (Å²) in [6.07, 6.45) is -4.72. The van der Waals surface area contributed by atoms with Gasteiger partial charge in [-0.05, 0) is 37.5 Å². The lowest BCUT2D eigenvalue weighted by Crippen LogP contribution is -2.15. The van der Waals surface area contributed by atoms with Crippen LogP contribution in [0.15, 0.2) is 24.3 Å². The molecule has 0 fully saturated rings. The van der Waals surface area contributed by atoms with Crippen LogP contribution in [0.4, 0.5) is 13.2 Å². The van der Waals surface area contributed by atoms with Gasteiger partial charge in [-0.1, -0.05) is 6.07 Å². The first-order valence-electron chi connectivity index (χ1n) is 7.00. The van der Waals surface area contributed by atoms with E-state index in [9.17, 15) is 23.1 Å². The second-order valence-electron chi connectivity index (χ2n) is 5.39. The van der Waals surface area contributed by atoms with Crippen LogP contribution in [0, 0.1) is 0 Å². The van der Waals surface area contributed by atoms with Crippen molar-refractivity contribution >= 4 is 5.97 Å². The van der Waals surface area contributed by atoms with Crippen LogP contribution in [0.5, 0.6) is 0 Å². The normalized spacial score (nSPS) is 17.8. The van der Waals surface area contributed by atoms with Crippen LogP contribution in [-0.2, 0) is 12.6 Å². The van der Waals surface area contributed by atoms with Gasteiger partial charge >= 0.3 is 12.1 Å². The Bertz CT molecular complexity index is 768. The molecule has 8 heteroatoms. The molecule has 0 spiro atoms. The van der Waals surface area contributed by atoms with Gasteiger partial charge in [0.25, 0.3) is 0 Å². The Morgan fingerprint density at radius 1 is 1.35 bits per heavy atom. The molecular weight excluding hydrogens is 313 g/mol. The van der Waals surface area contributed by atoms with Crippen molar-refractivity contribution in [1.82, 2.24) is 9.78 Å². The predicted octanol–water partition coefficient (Wildman–Crippen LogP) is 2.96. The molecule has 1 aliphatic carbocycles. The van der Waals surface area contributed by atoms with Crippen molar-refractivity contribution in [2.75, 3.05) is 0 Å². The smallest absolute Gasteiger partial charge is 0.435 e. The van der Waals surface area contributed by atoms with Gasteiger partial charge in [0, 0.05) is 5.56 Å². The third kappa shape index (κ3) is 2.70. The average Bonchev–Trinajstić information content (AvgIpc) is 2.88. The van der Waals surface area contributed by atoms with Crippen LogP contribution in [0.25, 0.3) is 5.69 Å². The predicted molar refractivity (Wildman–Crippen MR) is 73.4 cm³/mol. The van der Waals surface area contributed by atoms with Gasteiger partial charge in [0.1, 0.15) is 0 Å². The first-order chi connectivity index (χ1) is 10.8. The highest BCUT2D eigenvalue weighted by Crippen LogP contribution is 2.40. The molecule has 1 aliphatic rings. The minimum absolute atomic E-state index is 0.0167. The van der Waals surface area contributed by atoms with Crippen molar-refractivity contribution in [1.29, 1.82) is 0 Å². The number of fused-ring (bicyclic) bond motifs is 1. The summed E-state index contributed by atoms with van der Waals surface area (Å²) in [6.45, 7) is 0. The van der Waals surface area contributed by atoms with Crippen LogP contribution in [0.1, 0.15) is 46.3 Å². The maximum Gasteiger partial charge on any atom is 0.435 e. The average molecular weight is 326 g/mol. The van der Waals surface area contributed by atoms with Gasteiger partial charge in [-0.15, -0.1) is 0 Å². The summed E-state index contributed by atoms with van der Waals surface area (Å²) in [5.74, 6) is -1.19. The topological polar surface area (TPSA) is 75.3 Å². The molecule has 1 aromatic carbocycles. The van der Waals surface area contributed by atoms with E-state index < -0.39 is 23.9 Å². The molecule has 0 amide bonds. The summed E-state index contributed by atoms with van der Waals surface area (Å²) in [5, 5.41) is 22.8. The zero-order valence-corrected chi connectivity index (χ0v) is 11.8. The van der Waals surface area contributed by atoms with E-state index in [2.05, 4.69) is 5.10 Å². The largest absolute Gasteiger partial charge is 0.478 e. The Kier molecular flexibility index (Phi) is 3.63. The van der Waals surface area contributed by atoms with Gasteiger partial charge in [-0.3, -0.25) is 0 Å². The number of aromatic nitrogens is 2. The van der Waals surface area contributed by atoms with Gasteiger partial charge in [0.2, 0.25) is 0 Å². The van der Waals surface area contributed by atoms with E-state index in [1.807, 2.05) is 0 Å². The lowest BCUT2D eigenvalue weighted by Gasteiger charge is -2.20. The highest BCUT2D eigenvalue weighted by Gasteiger charge is 2.41. The summed E-state index contributed by atoms with van der Waals surface area (Å²) in [4.78, 5) is 11.0. The fourth-order valence-corrected chi connectivity index (χ4v) is 2.86. The van der Waals surface area contributed by atoms with Crippen molar-refractivity contribution < 1.29 is 28.2 Å². The minimum Gasteiger partial charge on any atom is -0.478 e. The second-order valence-corrected chi connectivity index (χ2v) is 5.39. The van der Waals surface area contributed by atoms with E-state index in [-0.39, 0.29) is 28.9 Å². The van der Waals surface area contributed by atoms with Crippen molar-refractivity contribution in [3.05, 3.63) is 46.8 Å². The number of hydrogen-bond donors (Lipinski definition) is 2. The molecule has 122 valence electrons. The van der Waals surface area contributed by atoms with Gasteiger partial charge < -0.3 is 10.2 Å². The standard InChI is InChI=1S/C15H13F3N2O3/c16-15(17,18)13-10-5-2-6-11(21)12(10)20(19-13)9-4-1-3-8(7-9)14(22)23/h1,3-4,7,11,21H,2,5-6H2,(H,22,23). The quantitative estimate of drug-likeness (QED) is 0.890. The number of alkyl halides is 3. The minimum atomic E-state index is -4.63. The number of benzene rings is 1. The van der Waals surface area contributed by atoms with Crippen LogP contribution in [-0.4, -0.2) is 26.0 Å². The second kappa shape index (κ2) is 5.38. The summed E-state index contributed by atoms with van der Waals surface area (Å²) in [6, 6.07) is 5.45. The molecule has 0 aliphatic heterocycles. The fraction of sp³-hybridized carbons (Fsp3) is 0.333. The Morgan fingerprint density at radius 3 is 2.74 bits per heavy atom. The van der Waals surface area contributed by atoms with Crippen LogP contribution in [0.3, 0.4) is 0 Å². The van der Waals surface area contributed by atoms with Gasteiger partial charge in [-0.25, -0.2) is 9.48 Å². The molecular formula is C15H13F3N2O3. The molecule has 2 aromatic rings. The van der Waals surface area contributed by atoms with Crippen molar-refractivity contribution in [3.63, 3.8) is 0 Å². The number of hydrogen-bond acceptors (Lipinski definition) is 3. The van der Waals surface area contributed by atoms with Gasteiger partial charge in [0.05, 0.1) is 23.0 Å². The van der Waals surface area contributed by atoms with E-state index in [1.54, 1.807) is 0 Å². The first-order valence-corrected chi connectivity index (χ1v) is 7.00. The molecule has 1 atom stereocenters. The maximum absolute atomic E-state index is 13.2. The number of rotatable bonds is 2.